The second-order valence-corrected chi connectivity index (χ2v) is 2.68. The molecule has 1 aliphatic heterocycles. The summed E-state index contributed by atoms with van der Waals surface area (Å²) in [5.41, 5.74) is 0. The zero-order valence-corrected chi connectivity index (χ0v) is 7.85. The van der Waals surface area contributed by atoms with Crippen molar-refractivity contribution in [1.82, 2.24) is 0 Å². The molecule has 0 saturated carbocycles. The van der Waals surface area contributed by atoms with Crippen LogP contribution in [0.3, 0.4) is 0 Å². The molecule has 0 atom stereocenters. The Morgan fingerprint density at radius 3 is 2.00 bits per heavy atom. The van der Waals surface area contributed by atoms with Gasteiger partial charge < -0.3 is 9.47 Å². The summed E-state index contributed by atoms with van der Waals surface area (Å²) in [5.74, 6) is 0. The molecule has 0 amide bonds. The van der Waals surface area contributed by atoms with Gasteiger partial charge in [-0.2, -0.15) is 0 Å². The lowest BCUT2D eigenvalue weighted by atomic mass is 10.3. The topological polar surface area (TPSA) is 18.5 Å². The van der Waals surface area contributed by atoms with E-state index >= 15 is 0 Å². The second kappa shape index (κ2) is 10.8. The van der Waals surface area contributed by atoms with Crippen molar-refractivity contribution in [2.75, 3.05) is 26.7 Å². The van der Waals surface area contributed by atoms with Crippen LogP contribution >= 0.6 is 0 Å². The van der Waals surface area contributed by atoms with E-state index in [0.29, 0.717) is 6.79 Å². The van der Waals surface area contributed by atoms with Gasteiger partial charge in [-0.05, 0) is 12.8 Å². The molecule has 0 unspecified atom stereocenters. The summed E-state index contributed by atoms with van der Waals surface area (Å²) in [6.07, 6.45) is 3.96. The lowest BCUT2D eigenvalue weighted by Gasteiger charge is -2.09. The van der Waals surface area contributed by atoms with Crippen LogP contribution in [0.4, 0.5) is 4.39 Å². The molecule has 0 N–H and O–H groups in total. The Morgan fingerprint density at radius 2 is 1.83 bits per heavy atom. The van der Waals surface area contributed by atoms with E-state index in [9.17, 15) is 4.39 Å². The Bertz CT molecular complexity index is 59.4. The van der Waals surface area contributed by atoms with Gasteiger partial charge in [0.15, 0.2) is 0 Å². The van der Waals surface area contributed by atoms with Crippen LogP contribution in [0.25, 0.3) is 0 Å². The predicted molar refractivity (Wildman–Crippen MR) is 46.9 cm³/mol. The zero-order valence-electron chi connectivity index (χ0n) is 7.85. The number of hydrogen-bond acceptors (Lipinski definition) is 2. The molecule has 0 aromatic carbocycles. The van der Waals surface area contributed by atoms with Gasteiger partial charge in [-0.25, -0.2) is 0 Å². The van der Waals surface area contributed by atoms with Gasteiger partial charge in [-0.1, -0.05) is 19.8 Å². The maximum atomic E-state index is 11.2. The third kappa shape index (κ3) is 9.85. The Morgan fingerprint density at radius 1 is 1.17 bits per heavy atom. The largest absolute Gasteiger partial charge is 0.355 e. The number of hydrogen-bond donors (Lipinski definition) is 0. The molecule has 1 aliphatic rings. The van der Waals surface area contributed by atoms with Crippen molar-refractivity contribution >= 4 is 0 Å². The highest BCUT2D eigenvalue weighted by molar-refractivity contribution is 4.34. The van der Waals surface area contributed by atoms with E-state index in [1.165, 1.54) is 0 Å². The van der Waals surface area contributed by atoms with Crippen molar-refractivity contribution in [2.45, 2.75) is 32.6 Å². The number of rotatable bonds is 3. The third-order valence-electron chi connectivity index (χ3n) is 1.48. The third-order valence-corrected chi connectivity index (χ3v) is 1.48. The fourth-order valence-corrected chi connectivity index (χ4v) is 0.784. The molecule has 1 saturated heterocycles. The molecule has 1 fully saturated rings. The number of ether oxygens (including phenoxy) is 2. The standard InChI is InChI=1S/C5H11F.C4H8O2/c1-2-3-4-5-6;1-2-5-4-6-3-1/h2-5H2,1H3;1-4H2. The van der Waals surface area contributed by atoms with Crippen molar-refractivity contribution in [3.05, 3.63) is 0 Å². The van der Waals surface area contributed by atoms with Gasteiger partial charge in [0.2, 0.25) is 0 Å². The van der Waals surface area contributed by atoms with Crippen molar-refractivity contribution in [3.8, 4) is 0 Å². The first-order valence-electron chi connectivity index (χ1n) is 4.63. The first-order valence-corrected chi connectivity index (χ1v) is 4.63. The van der Waals surface area contributed by atoms with Crippen molar-refractivity contribution in [2.24, 2.45) is 0 Å². The maximum absolute atomic E-state index is 11.2. The summed E-state index contributed by atoms with van der Waals surface area (Å²) in [4.78, 5) is 0. The molecule has 0 bridgehead atoms. The molecule has 0 aliphatic carbocycles. The molecule has 0 radical (unpaired) electrons. The van der Waals surface area contributed by atoms with Gasteiger partial charge in [-0.15, -0.1) is 0 Å². The van der Waals surface area contributed by atoms with Gasteiger partial charge in [0.25, 0.3) is 0 Å². The monoisotopic (exact) mass is 178 g/mol. The van der Waals surface area contributed by atoms with Crippen LogP contribution in [-0.2, 0) is 9.47 Å². The van der Waals surface area contributed by atoms with Crippen molar-refractivity contribution in [3.63, 3.8) is 0 Å². The van der Waals surface area contributed by atoms with E-state index in [1.54, 1.807) is 0 Å². The van der Waals surface area contributed by atoms with Crippen LogP contribution < -0.4 is 0 Å². The Hall–Kier alpha value is -0.150. The van der Waals surface area contributed by atoms with Crippen molar-refractivity contribution in [1.29, 1.82) is 0 Å². The van der Waals surface area contributed by atoms with Gasteiger partial charge in [0, 0.05) is 0 Å². The fourth-order valence-electron chi connectivity index (χ4n) is 0.784. The highest BCUT2D eigenvalue weighted by Gasteiger charge is 1.94. The molecule has 0 aromatic heterocycles. The molecule has 74 valence electrons. The first kappa shape index (κ1) is 11.8. The molecule has 2 nitrogen and oxygen atoms in total. The number of unbranched alkanes of at least 4 members (excludes halogenated alkanes) is 2. The molecule has 0 spiro atoms. The Kier molecular flexibility index (Phi) is 10.7. The SMILES string of the molecule is C1COCOC1.CCCCCF. The quantitative estimate of drug-likeness (QED) is 0.618. The van der Waals surface area contributed by atoms with Crippen LogP contribution in [-0.4, -0.2) is 26.7 Å². The van der Waals surface area contributed by atoms with Crippen LogP contribution in [0.15, 0.2) is 0 Å². The molecule has 1 rings (SSSR count). The van der Waals surface area contributed by atoms with E-state index in [2.05, 4.69) is 6.92 Å². The Balaban J connectivity index is 0.000000202. The lowest BCUT2D eigenvalue weighted by molar-refractivity contribution is -0.0963. The summed E-state index contributed by atoms with van der Waals surface area (Å²) < 4.78 is 20.9. The normalized spacial score (nSPS) is 16.5. The Labute approximate surface area is 74.1 Å². The maximum Gasteiger partial charge on any atom is 0.146 e. The summed E-state index contributed by atoms with van der Waals surface area (Å²) in [6.45, 7) is 4.17. The first-order chi connectivity index (χ1) is 5.91. The molecular weight excluding hydrogens is 159 g/mol. The van der Waals surface area contributed by atoms with E-state index < -0.39 is 0 Å². The summed E-state index contributed by atoms with van der Waals surface area (Å²) in [7, 11) is 0. The molecule has 1 heterocycles. The van der Waals surface area contributed by atoms with Crippen LogP contribution in [0, 0.1) is 0 Å². The minimum absolute atomic E-state index is 0.145. The average molecular weight is 178 g/mol. The smallest absolute Gasteiger partial charge is 0.146 e. The van der Waals surface area contributed by atoms with Crippen molar-refractivity contribution < 1.29 is 13.9 Å². The summed E-state index contributed by atoms with van der Waals surface area (Å²) >= 11 is 0. The zero-order chi connectivity index (χ0) is 9.07. The highest BCUT2D eigenvalue weighted by Crippen LogP contribution is 1.92. The number of alkyl halides is 1. The summed E-state index contributed by atoms with van der Waals surface area (Å²) in [5, 5.41) is 0. The number of halogens is 1. The second-order valence-electron chi connectivity index (χ2n) is 2.68. The predicted octanol–water partition coefficient (Wildman–Crippen LogP) is 2.53. The minimum atomic E-state index is -0.145. The van der Waals surface area contributed by atoms with Crippen LogP contribution in [0.2, 0.25) is 0 Å². The molecule has 0 aromatic rings. The van der Waals surface area contributed by atoms with E-state index in [0.717, 1.165) is 38.9 Å². The van der Waals surface area contributed by atoms with E-state index in [1.807, 2.05) is 0 Å². The van der Waals surface area contributed by atoms with Gasteiger partial charge in [0.05, 0.1) is 19.9 Å². The van der Waals surface area contributed by atoms with E-state index in [-0.39, 0.29) is 6.67 Å². The molecule has 12 heavy (non-hydrogen) atoms. The molecular formula is C9H19FO2. The van der Waals surface area contributed by atoms with E-state index in [4.69, 9.17) is 9.47 Å². The van der Waals surface area contributed by atoms with Crippen LogP contribution in [0.1, 0.15) is 32.6 Å². The van der Waals surface area contributed by atoms with Gasteiger partial charge in [0.1, 0.15) is 6.79 Å². The van der Waals surface area contributed by atoms with Crippen LogP contribution in [0.5, 0.6) is 0 Å². The average Bonchev–Trinajstić information content (AvgIpc) is 2.18. The van der Waals surface area contributed by atoms with Gasteiger partial charge >= 0.3 is 0 Å². The summed E-state index contributed by atoms with van der Waals surface area (Å²) in [6, 6.07) is 0. The fraction of sp³-hybridized carbons (Fsp3) is 1.00. The lowest BCUT2D eigenvalue weighted by Crippen LogP contribution is -2.11. The highest BCUT2D eigenvalue weighted by atomic mass is 19.1. The van der Waals surface area contributed by atoms with Gasteiger partial charge in [-0.3, -0.25) is 4.39 Å². The minimum Gasteiger partial charge on any atom is -0.355 e. The molecule has 3 heteroatoms.